The fourth-order valence-corrected chi connectivity index (χ4v) is 4.07. The van der Waals surface area contributed by atoms with Gasteiger partial charge in [0.1, 0.15) is 6.54 Å². The fourth-order valence-electron chi connectivity index (χ4n) is 2.81. The summed E-state index contributed by atoms with van der Waals surface area (Å²) >= 11 is 6.60. The maximum Gasteiger partial charge on any atom is 0.244 e. The van der Waals surface area contributed by atoms with E-state index < -0.39 is 0 Å². The second-order valence-electron chi connectivity index (χ2n) is 5.93. The van der Waals surface area contributed by atoms with E-state index in [9.17, 15) is 9.90 Å². The Bertz CT molecular complexity index is 1130. The largest absolute Gasteiger partial charge is 0.493 e. The van der Waals surface area contributed by atoms with Crippen molar-refractivity contribution in [1.29, 1.82) is 0 Å². The predicted octanol–water partition coefficient (Wildman–Crippen LogP) is 4.88. The van der Waals surface area contributed by atoms with Gasteiger partial charge in [-0.25, -0.2) is 0 Å². The molecular weight excluding hydrogens is 378 g/mol. The molecule has 4 rings (SSSR count). The molecule has 1 aliphatic rings. The van der Waals surface area contributed by atoms with E-state index >= 15 is 0 Å². The number of rotatable bonds is 4. The molecule has 134 valence electrons. The summed E-state index contributed by atoms with van der Waals surface area (Å²) in [6.07, 6.45) is 3.61. The van der Waals surface area contributed by atoms with Crippen LogP contribution in [-0.4, -0.2) is 21.8 Å². The molecule has 0 atom stereocenters. The number of para-hydroxylation sites is 2. The first kappa shape index (κ1) is 17.4. The zero-order valence-corrected chi connectivity index (χ0v) is 15.8. The van der Waals surface area contributed by atoms with E-state index in [1.165, 1.54) is 15.9 Å². The summed E-state index contributed by atoms with van der Waals surface area (Å²) in [7, 11) is 0. The Morgan fingerprint density at radius 2 is 1.93 bits per heavy atom. The fraction of sp³-hybridized carbons (Fsp3) is 0.0500. The molecule has 5 nitrogen and oxygen atoms in total. The van der Waals surface area contributed by atoms with Gasteiger partial charge in [0.15, 0.2) is 3.95 Å². The first-order valence-electron chi connectivity index (χ1n) is 8.24. The Hall–Kier alpha value is -3.03. The van der Waals surface area contributed by atoms with Crippen molar-refractivity contribution in [2.24, 2.45) is 4.99 Å². The minimum atomic E-state index is -0.252. The molecule has 0 saturated heterocycles. The van der Waals surface area contributed by atoms with Crippen LogP contribution < -0.4 is 5.32 Å². The number of carbonyl (C=O) groups excluding carboxylic acids is 1. The molecule has 0 radical (unpaired) electrons. The number of aromatic hydroxyl groups is 1. The SMILES string of the molecule is O=C(Cn1c(O)c(/C=C2/C=Nc3ccccc32)sc1=S)Nc1ccccc1. The molecule has 7 heteroatoms. The smallest absolute Gasteiger partial charge is 0.244 e. The molecule has 1 amide bonds. The molecule has 1 aromatic heterocycles. The van der Waals surface area contributed by atoms with Gasteiger partial charge < -0.3 is 10.4 Å². The van der Waals surface area contributed by atoms with Crippen LogP contribution in [-0.2, 0) is 11.3 Å². The Labute approximate surface area is 165 Å². The van der Waals surface area contributed by atoms with Gasteiger partial charge in [0, 0.05) is 23.0 Å². The van der Waals surface area contributed by atoms with Gasteiger partial charge in [-0.2, -0.15) is 0 Å². The molecule has 0 saturated carbocycles. The predicted molar refractivity (Wildman–Crippen MR) is 112 cm³/mol. The highest BCUT2D eigenvalue weighted by Crippen LogP contribution is 2.35. The average molecular weight is 393 g/mol. The summed E-state index contributed by atoms with van der Waals surface area (Å²) < 4.78 is 1.87. The molecule has 2 N–H and O–H groups in total. The van der Waals surface area contributed by atoms with E-state index in [0.717, 1.165) is 16.8 Å². The van der Waals surface area contributed by atoms with E-state index in [2.05, 4.69) is 10.3 Å². The third kappa shape index (κ3) is 3.60. The molecule has 1 aliphatic heterocycles. The number of carbonyl (C=O) groups is 1. The van der Waals surface area contributed by atoms with E-state index in [-0.39, 0.29) is 18.3 Å². The number of anilines is 1. The highest BCUT2D eigenvalue weighted by atomic mass is 32.1. The van der Waals surface area contributed by atoms with Crippen LogP contribution in [0, 0.1) is 3.95 Å². The number of thiazole rings is 1. The van der Waals surface area contributed by atoms with Crippen LogP contribution in [0.5, 0.6) is 5.88 Å². The van der Waals surface area contributed by atoms with Gasteiger partial charge in [-0.1, -0.05) is 36.4 Å². The molecule has 27 heavy (non-hydrogen) atoms. The second kappa shape index (κ2) is 7.30. The highest BCUT2D eigenvalue weighted by molar-refractivity contribution is 7.73. The maximum absolute atomic E-state index is 12.3. The molecule has 2 heterocycles. The van der Waals surface area contributed by atoms with Crippen LogP contribution in [0.3, 0.4) is 0 Å². The number of benzene rings is 2. The third-order valence-electron chi connectivity index (χ3n) is 4.10. The van der Waals surface area contributed by atoms with Crippen LogP contribution in [0.4, 0.5) is 11.4 Å². The van der Waals surface area contributed by atoms with Crippen molar-refractivity contribution in [3.63, 3.8) is 0 Å². The van der Waals surface area contributed by atoms with Crippen molar-refractivity contribution in [2.45, 2.75) is 6.54 Å². The number of aromatic nitrogens is 1. The Kier molecular flexibility index (Phi) is 4.70. The summed E-state index contributed by atoms with van der Waals surface area (Å²) in [5.41, 5.74) is 3.50. The van der Waals surface area contributed by atoms with Gasteiger partial charge in [-0.05, 0) is 36.5 Å². The molecule has 2 aromatic carbocycles. The van der Waals surface area contributed by atoms with Gasteiger partial charge in [0.2, 0.25) is 11.8 Å². The van der Waals surface area contributed by atoms with E-state index in [1.54, 1.807) is 18.3 Å². The lowest BCUT2D eigenvalue weighted by Crippen LogP contribution is -2.18. The number of amides is 1. The molecule has 0 bridgehead atoms. The number of nitrogens with zero attached hydrogens (tertiary/aromatic N) is 2. The molecule has 3 aromatic rings. The van der Waals surface area contributed by atoms with Gasteiger partial charge in [0.05, 0.1) is 10.6 Å². The van der Waals surface area contributed by atoms with Crippen molar-refractivity contribution in [2.75, 3.05) is 5.32 Å². The highest BCUT2D eigenvalue weighted by Gasteiger charge is 2.16. The van der Waals surface area contributed by atoms with Crippen molar-refractivity contribution in [3.05, 3.63) is 69.0 Å². The Balaban J connectivity index is 1.58. The molecule has 0 fully saturated rings. The topological polar surface area (TPSA) is 66.6 Å². The van der Waals surface area contributed by atoms with Gasteiger partial charge in [0.25, 0.3) is 0 Å². The first-order valence-corrected chi connectivity index (χ1v) is 9.47. The number of aliphatic imine (C=N–C) groups is 1. The number of nitrogens with one attached hydrogen (secondary N) is 1. The van der Waals surface area contributed by atoms with Crippen LogP contribution in [0.1, 0.15) is 10.4 Å². The van der Waals surface area contributed by atoms with Crippen molar-refractivity contribution < 1.29 is 9.90 Å². The van der Waals surface area contributed by atoms with E-state index in [4.69, 9.17) is 12.2 Å². The lowest BCUT2D eigenvalue weighted by atomic mass is 10.1. The van der Waals surface area contributed by atoms with E-state index in [0.29, 0.717) is 14.5 Å². The van der Waals surface area contributed by atoms with Crippen LogP contribution in [0.2, 0.25) is 0 Å². The lowest BCUT2D eigenvalue weighted by Gasteiger charge is -2.07. The molecule has 0 spiro atoms. The van der Waals surface area contributed by atoms with Crippen LogP contribution in [0.25, 0.3) is 11.6 Å². The zero-order chi connectivity index (χ0) is 18.8. The minimum absolute atomic E-state index is 0.0153. The zero-order valence-electron chi connectivity index (χ0n) is 14.1. The quantitative estimate of drug-likeness (QED) is 0.621. The summed E-state index contributed by atoms with van der Waals surface area (Å²) in [6.45, 7) is -0.0517. The van der Waals surface area contributed by atoms with E-state index in [1.807, 2.05) is 48.5 Å². The average Bonchev–Trinajstić information content (AvgIpc) is 3.19. The second-order valence-corrected chi connectivity index (χ2v) is 7.61. The number of fused-ring (bicyclic) bond motifs is 1. The van der Waals surface area contributed by atoms with Crippen LogP contribution in [0.15, 0.2) is 59.6 Å². The lowest BCUT2D eigenvalue weighted by molar-refractivity contribution is -0.116. The first-order chi connectivity index (χ1) is 13.1. The van der Waals surface area contributed by atoms with Gasteiger partial charge >= 0.3 is 0 Å². The van der Waals surface area contributed by atoms with Crippen molar-refractivity contribution in [1.82, 2.24) is 4.57 Å². The summed E-state index contributed by atoms with van der Waals surface area (Å²) in [6, 6.07) is 17.0. The van der Waals surface area contributed by atoms with Crippen molar-refractivity contribution in [3.8, 4) is 5.88 Å². The van der Waals surface area contributed by atoms with Gasteiger partial charge in [-0.3, -0.25) is 14.4 Å². The number of allylic oxidation sites excluding steroid dienone is 1. The minimum Gasteiger partial charge on any atom is -0.493 e. The summed E-state index contributed by atoms with van der Waals surface area (Å²) in [5, 5.41) is 13.4. The van der Waals surface area contributed by atoms with Crippen molar-refractivity contribution >= 4 is 58.7 Å². The maximum atomic E-state index is 12.3. The van der Waals surface area contributed by atoms with Crippen LogP contribution >= 0.6 is 23.6 Å². The molecule has 0 unspecified atom stereocenters. The summed E-state index contributed by atoms with van der Waals surface area (Å²) in [5.74, 6) is -0.268. The monoisotopic (exact) mass is 393 g/mol. The standard InChI is InChI=1S/C20H15N3O2S2/c24-18(22-14-6-2-1-3-7-14)12-23-19(25)17(27-20(23)26)10-13-11-21-16-9-5-4-8-15(13)16/h1-11,25H,12H2,(H,22,24)/b13-10-. The molecule has 0 aliphatic carbocycles. The molecular formula is C20H15N3O2S2. The normalized spacial score (nSPS) is 13.7. The number of hydrogen-bond acceptors (Lipinski definition) is 5. The Morgan fingerprint density at radius 1 is 1.19 bits per heavy atom. The Morgan fingerprint density at radius 3 is 2.74 bits per heavy atom. The summed E-state index contributed by atoms with van der Waals surface area (Å²) in [4.78, 5) is 17.2. The van der Waals surface area contributed by atoms with Gasteiger partial charge in [-0.15, -0.1) is 11.3 Å². The third-order valence-corrected chi connectivity index (χ3v) is 5.48. The number of hydrogen-bond donors (Lipinski definition) is 2.